The average molecular weight is 217 g/mol. The summed E-state index contributed by atoms with van der Waals surface area (Å²) in [5, 5.41) is 8.70. The van der Waals surface area contributed by atoms with E-state index in [9.17, 15) is 9.59 Å². The van der Waals surface area contributed by atoms with Crippen molar-refractivity contribution in [2.45, 2.75) is 13.8 Å². The number of carbonyl (C=O) groups is 2. The summed E-state index contributed by atoms with van der Waals surface area (Å²) in [6, 6.07) is 0. The molecule has 0 aromatic heterocycles. The van der Waals surface area contributed by atoms with Gasteiger partial charge in [-0.15, -0.1) is 0 Å². The molecule has 0 radical (unpaired) electrons. The van der Waals surface area contributed by atoms with Crippen LogP contribution < -0.4 is 0 Å². The summed E-state index contributed by atoms with van der Waals surface area (Å²) >= 11 is 0. The molecule has 15 heavy (non-hydrogen) atoms. The van der Waals surface area contributed by atoms with Crippen molar-refractivity contribution in [3.05, 3.63) is 0 Å². The number of hydrogen-bond donors (Lipinski definition) is 1. The molecule has 2 atom stereocenters. The third-order valence-corrected chi connectivity index (χ3v) is 2.20. The molecule has 0 rings (SSSR count). The van der Waals surface area contributed by atoms with Crippen molar-refractivity contribution in [2.75, 3.05) is 27.2 Å². The number of aliphatic carboxylic acids is 1. The Bertz CT molecular complexity index is 229. The normalized spacial score (nSPS) is 14.7. The fraction of sp³-hybridized carbons (Fsp3) is 0.800. The predicted molar refractivity (Wildman–Crippen MR) is 55.5 cm³/mol. The van der Waals surface area contributed by atoms with Crippen LogP contribution in [0.5, 0.6) is 0 Å². The van der Waals surface area contributed by atoms with Gasteiger partial charge in [-0.2, -0.15) is 0 Å². The van der Waals surface area contributed by atoms with Gasteiger partial charge in [0.25, 0.3) is 0 Å². The maximum Gasteiger partial charge on any atom is 0.309 e. The molecule has 5 nitrogen and oxygen atoms in total. The smallest absolute Gasteiger partial charge is 0.309 e. The van der Waals surface area contributed by atoms with Crippen LogP contribution in [0.3, 0.4) is 0 Å². The Hall–Kier alpha value is -1.10. The summed E-state index contributed by atoms with van der Waals surface area (Å²) in [6.45, 7) is 4.33. The first-order valence-corrected chi connectivity index (χ1v) is 4.87. The lowest BCUT2D eigenvalue weighted by Gasteiger charge is -2.21. The number of hydrogen-bond acceptors (Lipinski definition) is 4. The van der Waals surface area contributed by atoms with Crippen LogP contribution in [0.15, 0.2) is 0 Å². The SMILES string of the molecule is COC(=O)C(C)CN(C)CC(C)C(=O)O. The number of carbonyl (C=O) groups excluding carboxylic acids is 1. The van der Waals surface area contributed by atoms with Crippen LogP contribution in [0.1, 0.15) is 13.8 Å². The van der Waals surface area contributed by atoms with E-state index in [4.69, 9.17) is 5.11 Å². The van der Waals surface area contributed by atoms with Crippen LogP contribution in [-0.2, 0) is 14.3 Å². The van der Waals surface area contributed by atoms with E-state index in [1.54, 1.807) is 20.9 Å². The van der Waals surface area contributed by atoms with Gasteiger partial charge in [-0.05, 0) is 7.05 Å². The first-order chi connectivity index (χ1) is 6.88. The molecule has 1 N–H and O–H groups in total. The van der Waals surface area contributed by atoms with Gasteiger partial charge in [0, 0.05) is 13.1 Å². The molecule has 5 heteroatoms. The first kappa shape index (κ1) is 13.9. The van der Waals surface area contributed by atoms with E-state index in [2.05, 4.69) is 4.74 Å². The zero-order valence-electron chi connectivity index (χ0n) is 9.69. The summed E-state index contributed by atoms with van der Waals surface area (Å²) in [4.78, 5) is 23.5. The lowest BCUT2D eigenvalue weighted by atomic mass is 10.1. The lowest BCUT2D eigenvalue weighted by molar-refractivity contribution is -0.145. The molecule has 0 aliphatic carbocycles. The van der Waals surface area contributed by atoms with Crippen molar-refractivity contribution in [3.63, 3.8) is 0 Å². The zero-order valence-corrected chi connectivity index (χ0v) is 9.69. The number of carboxylic acid groups (broad SMARTS) is 1. The zero-order chi connectivity index (χ0) is 12.0. The highest BCUT2D eigenvalue weighted by Crippen LogP contribution is 2.04. The summed E-state index contributed by atoms with van der Waals surface area (Å²) in [7, 11) is 3.14. The van der Waals surface area contributed by atoms with Gasteiger partial charge in [-0.3, -0.25) is 9.59 Å². The molecule has 0 amide bonds. The Balaban J connectivity index is 3.97. The van der Waals surface area contributed by atoms with Gasteiger partial charge < -0.3 is 14.7 Å². The molecule has 2 unspecified atom stereocenters. The number of nitrogens with zero attached hydrogens (tertiary/aromatic N) is 1. The predicted octanol–water partition coefficient (Wildman–Crippen LogP) is 0.448. The highest BCUT2D eigenvalue weighted by atomic mass is 16.5. The second-order valence-corrected chi connectivity index (χ2v) is 3.88. The quantitative estimate of drug-likeness (QED) is 0.654. The van der Waals surface area contributed by atoms with Gasteiger partial charge in [0.2, 0.25) is 0 Å². The minimum atomic E-state index is -0.826. The molecule has 0 aliphatic rings. The third kappa shape index (κ3) is 5.37. The number of rotatable bonds is 6. The molecule has 88 valence electrons. The van der Waals surface area contributed by atoms with E-state index >= 15 is 0 Å². The molecule has 0 saturated heterocycles. The minimum absolute atomic E-state index is 0.235. The largest absolute Gasteiger partial charge is 0.481 e. The molecule has 0 saturated carbocycles. The Morgan fingerprint density at radius 3 is 2.13 bits per heavy atom. The molecule has 0 aromatic carbocycles. The van der Waals surface area contributed by atoms with Crippen LogP contribution in [0.2, 0.25) is 0 Å². The lowest BCUT2D eigenvalue weighted by Crippen LogP contribution is -2.34. The van der Waals surface area contributed by atoms with Crippen molar-refractivity contribution < 1.29 is 19.4 Å². The van der Waals surface area contributed by atoms with Crippen molar-refractivity contribution >= 4 is 11.9 Å². The molecule has 0 aromatic rings. The van der Waals surface area contributed by atoms with Crippen molar-refractivity contribution in [1.29, 1.82) is 0 Å². The van der Waals surface area contributed by atoms with Crippen molar-refractivity contribution in [1.82, 2.24) is 4.90 Å². The Labute approximate surface area is 90.0 Å². The molecule has 0 aliphatic heterocycles. The van der Waals surface area contributed by atoms with Gasteiger partial charge in [-0.1, -0.05) is 13.8 Å². The van der Waals surface area contributed by atoms with Crippen molar-refractivity contribution in [2.24, 2.45) is 11.8 Å². The van der Waals surface area contributed by atoms with Crippen LogP contribution in [0.4, 0.5) is 0 Å². The van der Waals surface area contributed by atoms with E-state index in [-0.39, 0.29) is 11.9 Å². The van der Waals surface area contributed by atoms with E-state index in [0.717, 1.165) is 0 Å². The summed E-state index contributed by atoms with van der Waals surface area (Å²) in [5.74, 6) is -1.77. The molecule has 0 spiro atoms. The van der Waals surface area contributed by atoms with Gasteiger partial charge >= 0.3 is 11.9 Å². The van der Waals surface area contributed by atoms with E-state index in [1.807, 2.05) is 4.90 Å². The Morgan fingerprint density at radius 2 is 1.73 bits per heavy atom. The second-order valence-electron chi connectivity index (χ2n) is 3.88. The number of esters is 1. The monoisotopic (exact) mass is 217 g/mol. The summed E-state index contributed by atoms with van der Waals surface area (Å²) in [6.07, 6.45) is 0. The van der Waals surface area contributed by atoms with E-state index < -0.39 is 11.9 Å². The summed E-state index contributed by atoms with van der Waals surface area (Å²) < 4.78 is 4.58. The molecular weight excluding hydrogens is 198 g/mol. The first-order valence-electron chi connectivity index (χ1n) is 4.87. The van der Waals surface area contributed by atoms with Gasteiger partial charge in [0.1, 0.15) is 0 Å². The number of methoxy groups -OCH3 is 1. The van der Waals surface area contributed by atoms with Gasteiger partial charge in [0.15, 0.2) is 0 Å². The molecule has 0 fully saturated rings. The number of ether oxygens (including phenoxy) is 1. The maximum absolute atomic E-state index is 11.1. The van der Waals surface area contributed by atoms with Gasteiger partial charge in [-0.25, -0.2) is 0 Å². The fourth-order valence-electron chi connectivity index (χ4n) is 1.36. The third-order valence-electron chi connectivity index (χ3n) is 2.20. The van der Waals surface area contributed by atoms with Crippen LogP contribution in [0, 0.1) is 11.8 Å². The van der Waals surface area contributed by atoms with Gasteiger partial charge in [0.05, 0.1) is 18.9 Å². The standard InChI is InChI=1S/C10H19NO4/c1-7(9(12)13)5-11(3)6-8(2)10(14)15-4/h7-8H,5-6H2,1-4H3,(H,12,13). The molecule has 0 bridgehead atoms. The van der Waals surface area contributed by atoms with Crippen LogP contribution in [0.25, 0.3) is 0 Å². The Morgan fingerprint density at radius 1 is 1.27 bits per heavy atom. The van der Waals surface area contributed by atoms with E-state index in [1.165, 1.54) is 7.11 Å². The summed E-state index contributed by atoms with van der Waals surface area (Å²) in [5.41, 5.74) is 0. The minimum Gasteiger partial charge on any atom is -0.481 e. The molecule has 0 heterocycles. The maximum atomic E-state index is 11.1. The fourth-order valence-corrected chi connectivity index (χ4v) is 1.36. The van der Waals surface area contributed by atoms with Crippen LogP contribution >= 0.6 is 0 Å². The highest BCUT2D eigenvalue weighted by Gasteiger charge is 2.18. The molecular formula is C10H19NO4. The average Bonchev–Trinajstić information content (AvgIpc) is 2.15. The topological polar surface area (TPSA) is 66.8 Å². The Kier molecular flexibility index (Phi) is 5.93. The second kappa shape index (κ2) is 6.40. The number of carboxylic acids is 1. The van der Waals surface area contributed by atoms with Crippen molar-refractivity contribution in [3.8, 4) is 0 Å². The highest BCUT2D eigenvalue weighted by molar-refractivity contribution is 5.72. The van der Waals surface area contributed by atoms with E-state index in [0.29, 0.717) is 13.1 Å². The van der Waals surface area contributed by atoms with Crippen LogP contribution in [-0.4, -0.2) is 49.2 Å².